The molecule has 1 fully saturated rings. The van der Waals surface area contributed by atoms with Crippen LogP contribution in [0.1, 0.15) is 43.0 Å². The van der Waals surface area contributed by atoms with Crippen LogP contribution in [0.15, 0.2) is 23.1 Å². The molecule has 2 aliphatic rings. The molecule has 5 nitrogen and oxygen atoms in total. The minimum Gasteiger partial charge on any atom is -0.345 e. The molecule has 1 aromatic rings. The molecule has 1 aliphatic heterocycles. The van der Waals surface area contributed by atoms with Crippen molar-refractivity contribution >= 4 is 41.7 Å². The van der Waals surface area contributed by atoms with Crippen LogP contribution in [0.5, 0.6) is 0 Å². The molecule has 0 bridgehead atoms. The third-order valence-electron chi connectivity index (χ3n) is 4.50. The summed E-state index contributed by atoms with van der Waals surface area (Å²) in [5, 5.41) is 5.85. The van der Waals surface area contributed by atoms with Crippen LogP contribution >= 0.6 is 24.2 Å². The lowest BCUT2D eigenvalue weighted by molar-refractivity contribution is -0.115. The first-order chi connectivity index (χ1) is 10.5. The average Bonchev–Trinajstić information content (AvgIpc) is 2.97. The second kappa shape index (κ2) is 7.11. The Hall–Kier alpha value is -1.24. The Morgan fingerprint density at radius 3 is 2.78 bits per heavy atom. The van der Waals surface area contributed by atoms with E-state index in [1.54, 1.807) is 6.07 Å². The van der Waals surface area contributed by atoms with Crippen molar-refractivity contribution in [1.29, 1.82) is 0 Å². The number of carbonyl (C=O) groups excluding carboxylic acids is 2. The van der Waals surface area contributed by atoms with Crippen molar-refractivity contribution in [2.24, 2.45) is 5.73 Å². The summed E-state index contributed by atoms with van der Waals surface area (Å²) in [5.74, 6) is -0.141. The molecule has 7 heteroatoms. The van der Waals surface area contributed by atoms with Crippen molar-refractivity contribution in [2.75, 3.05) is 11.9 Å². The Balaban J connectivity index is 0.00000192. The first kappa shape index (κ1) is 18.1. The zero-order valence-electron chi connectivity index (χ0n) is 13.1. The Morgan fingerprint density at radius 2 is 2.13 bits per heavy atom. The van der Waals surface area contributed by atoms with Crippen molar-refractivity contribution in [3.05, 3.63) is 23.8 Å². The van der Waals surface area contributed by atoms with E-state index in [0.717, 1.165) is 30.6 Å². The number of fused-ring (bicyclic) bond motifs is 1. The van der Waals surface area contributed by atoms with Crippen LogP contribution in [0.3, 0.4) is 0 Å². The van der Waals surface area contributed by atoms with Crippen molar-refractivity contribution < 1.29 is 9.59 Å². The highest BCUT2D eigenvalue weighted by Crippen LogP contribution is 2.36. The third-order valence-corrected chi connectivity index (χ3v) is 5.68. The number of nitrogens with one attached hydrogen (secondary N) is 2. The van der Waals surface area contributed by atoms with Crippen molar-refractivity contribution in [1.82, 2.24) is 5.32 Å². The number of hydrogen-bond acceptors (Lipinski definition) is 4. The molecule has 1 atom stereocenters. The molecule has 0 radical (unpaired) electrons. The Morgan fingerprint density at radius 1 is 1.43 bits per heavy atom. The summed E-state index contributed by atoms with van der Waals surface area (Å²) in [6.07, 6.45) is 4.08. The van der Waals surface area contributed by atoms with Gasteiger partial charge in [-0.2, -0.15) is 0 Å². The van der Waals surface area contributed by atoms with Gasteiger partial charge in [0.2, 0.25) is 5.91 Å². The van der Waals surface area contributed by atoms with Gasteiger partial charge in [0.05, 0.1) is 16.5 Å². The SMILES string of the molecule is CC1Sc2ccc(C(=O)NC3(CN)CCCC3)cc2NC1=O.Cl. The van der Waals surface area contributed by atoms with Gasteiger partial charge in [0.1, 0.15) is 0 Å². The maximum absolute atomic E-state index is 12.5. The second-order valence-corrected chi connectivity index (χ2v) is 7.49. The van der Waals surface area contributed by atoms with E-state index < -0.39 is 0 Å². The summed E-state index contributed by atoms with van der Waals surface area (Å²) >= 11 is 1.51. The maximum atomic E-state index is 12.5. The maximum Gasteiger partial charge on any atom is 0.251 e. The lowest BCUT2D eigenvalue weighted by atomic mass is 9.97. The van der Waals surface area contributed by atoms with Crippen molar-refractivity contribution in [3.8, 4) is 0 Å². The predicted molar refractivity (Wildman–Crippen MR) is 95.4 cm³/mol. The molecule has 2 amide bonds. The lowest BCUT2D eigenvalue weighted by Crippen LogP contribution is -2.51. The van der Waals surface area contributed by atoms with Crippen LogP contribution in [-0.2, 0) is 4.79 Å². The number of anilines is 1. The smallest absolute Gasteiger partial charge is 0.251 e. The summed E-state index contributed by atoms with van der Waals surface area (Å²) in [5.41, 5.74) is 6.88. The van der Waals surface area contributed by atoms with Crippen LogP contribution in [0.25, 0.3) is 0 Å². The Bertz CT molecular complexity index is 617. The van der Waals surface area contributed by atoms with Gasteiger partial charge in [0.25, 0.3) is 5.91 Å². The van der Waals surface area contributed by atoms with Crippen LogP contribution in [0, 0.1) is 0 Å². The molecule has 1 unspecified atom stereocenters. The highest BCUT2D eigenvalue weighted by Gasteiger charge is 2.34. The number of rotatable bonds is 3. The monoisotopic (exact) mass is 355 g/mol. The van der Waals surface area contributed by atoms with Crippen LogP contribution in [0.2, 0.25) is 0 Å². The zero-order valence-corrected chi connectivity index (χ0v) is 14.7. The number of thioether (sulfide) groups is 1. The largest absolute Gasteiger partial charge is 0.345 e. The van der Waals surface area contributed by atoms with Gasteiger partial charge in [0, 0.05) is 17.0 Å². The molecule has 0 saturated heterocycles. The number of halogens is 1. The van der Waals surface area contributed by atoms with E-state index >= 15 is 0 Å². The highest BCUT2D eigenvalue weighted by molar-refractivity contribution is 8.00. The molecule has 0 aromatic heterocycles. The first-order valence-electron chi connectivity index (χ1n) is 7.67. The van der Waals surface area contributed by atoms with E-state index in [1.807, 2.05) is 19.1 Å². The van der Waals surface area contributed by atoms with Crippen LogP contribution < -0.4 is 16.4 Å². The molecule has 3 rings (SSSR count). The lowest BCUT2D eigenvalue weighted by Gasteiger charge is -2.29. The molecule has 23 heavy (non-hydrogen) atoms. The summed E-state index contributed by atoms with van der Waals surface area (Å²) in [4.78, 5) is 25.3. The second-order valence-electron chi connectivity index (χ2n) is 6.11. The molecule has 4 N–H and O–H groups in total. The van der Waals surface area contributed by atoms with E-state index in [2.05, 4.69) is 10.6 Å². The fourth-order valence-electron chi connectivity index (χ4n) is 3.09. The quantitative estimate of drug-likeness (QED) is 0.778. The van der Waals surface area contributed by atoms with Gasteiger partial charge in [0.15, 0.2) is 0 Å². The standard InChI is InChI=1S/C16H21N3O2S.ClH/c1-10-14(20)18-12-8-11(4-5-13(12)22-10)15(21)19-16(9-17)6-2-3-7-16;/h4-5,8,10H,2-3,6-7,9,17H2,1H3,(H,18,20)(H,19,21);1H. The minimum atomic E-state index is -0.264. The summed E-state index contributed by atoms with van der Waals surface area (Å²) in [6.45, 7) is 2.34. The number of carbonyl (C=O) groups is 2. The molecule has 1 heterocycles. The van der Waals surface area contributed by atoms with Gasteiger partial charge >= 0.3 is 0 Å². The normalized spacial score (nSPS) is 21.8. The van der Waals surface area contributed by atoms with E-state index in [4.69, 9.17) is 5.73 Å². The molecule has 1 saturated carbocycles. The fourth-order valence-corrected chi connectivity index (χ4v) is 4.03. The molecular formula is C16H22ClN3O2S. The van der Waals surface area contributed by atoms with Crippen LogP contribution in [-0.4, -0.2) is 29.1 Å². The predicted octanol–water partition coefficient (Wildman–Crippen LogP) is 2.54. The fraction of sp³-hybridized carbons (Fsp3) is 0.500. The van der Waals surface area contributed by atoms with Gasteiger partial charge in [-0.05, 0) is 38.0 Å². The third kappa shape index (κ3) is 3.65. The molecule has 126 valence electrons. The van der Waals surface area contributed by atoms with Crippen molar-refractivity contribution in [3.63, 3.8) is 0 Å². The summed E-state index contributed by atoms with van der Waals surface area (Å²) in [6, 6.07) is 5.46. The van der Waals surface area contributed by atoms with Crippen molar-refractivity contribution in [2.45, 2.75) is 48.3 Å². The van der Waals surface area contributed by atoms with Gasteiger partial charge < -0.3 is 16.4 Å². The number of benzene rings is 1. The molecule has 1 aromatic carbocycles. The molecule has 0 spiro atoms. The zero-order chi connectivity index (χ0) is 15.7. The highest BCUT2D eigenvalue weighted by atomic mass is 35.5. The van der Waals surface area contributed by atoms with Gasteiger partial charge in [-0.15, -0.1) is 24.2 Å². The minimum absolute atomic E-state index is 0. The van der Waals surface area contributed by atoms with Gasteiger partial charge in [-0.1, -0.05) is 12.8 Å². The summed E-state index contributed by atoms with van der Waals surface area (Å²) in [7, 11) is 0. The van der Waals surface area contributed by atoms with E-state index in [0.29, 0.717) is 17.8 Å². The Labute approximate surface area is 146 Å². The summed E-state index contributed by atoms with van der Waals surface area (Å²) < 4.78 is 0. The molecular weight excluding hydrogens is 334 g/mol. The van der Waals surface area contributed by atoms with E-state index in [9.17, 15) is 9.59 Å². The van der Waals surface area contributed by atoms with E-state index in [-0.39, 0.29) is 35.0 Å². The van der Waals surface area contributed by atoms with Gasteiger partial charge in [-0.3, -0.25) is 9.59 Å². The average molecular weight is 356 g/mol. The first-order valence-corrected chi connectivity index (χ1v) is 8.55. The molecule has 1 aliphatic carbocycles. The Kier molecular flexibility index (Phi) is 5.60. The number of nitrogens with two attached hydrogens (primary N) is 1. The topological polar surface area (TPSA) is 84.2 Å². The van der Waals surface area contributed by atoms with Crippen LogP contribution in [0.4, 0.5) is 5.69 Å². The number of hydrogen-bond donors (Lipinski definition) is 3. The van der Waals surface area contributed by atoms with E-state index in [1.165, 1.54) is 11.8 Å². The number of amides is 2. The van der Waals surface area contributed by atoms with Gasteiger partial charge in [-0.25, -0.2) is 0 Å².